The quantitative estimate of drug-likeness (QED) is 0.175. The van der Waals surface area contributed by atoms with Crippen LogP contribution in [0.5, 0.6) is 0 Å². The first kappa shape index (κ1) is 28.6. The average molecular weight is 666 g/mol. The van der Waals surface area contributed by atoms with Gasteiger partial charge in [-0.1, -0.05) is 133 Å². The predicted molar refractivity (Wildman–Crippen MR) is 211 cm³/mol. The third-order valence-electron chi connectivity index (χ3n) is 10.1. The number of rotatable bonds is 4. The molecule has 0 saturated carbocycles. The van der Waals surface area contributed by atoms with Gasteiger partial charge in [0.05, 0.1) is 27.8 Å². The van der Waals surface area contributed by atoms with Crippen molar-refractivity contribution < 1.29 is 4.42 Å². The molecule has 0 unspecified atom stereocenters. The molecule has 6 heteroatoms. The molecule has 7 aromatic carbocycles. The molecule has 0 N–H and O–H groups in total. The second kappa shape index (κ2) is 11.2. The van der Waals surface area contributed by atoms with Crippen molar-refractivity contribution in [3.63, 3.8) is 0 Å². The minimum atomic E-state index is 0.538. The Balaban J connectivity index is 1.22. The van der Waals surface area contributed by atoms with Crippen LogP contribution in [0.3, 0.4) is 0 Å². The highest BCUT2D eigenvalue weighted by Crippen LogP contribution is 2.43. The Morgan fingerprint density at radius 3 is 1.71 bits per heavy atom. The van der Waals surface area contributed by atoms with Crippen LogP contribution in [0.2, 0.25) is 0 Å². The third-order valence-corrected chi connectivity index (χ3v) is 10.1. The standard InChI is InChI=1S/C46H27N5O/c1-3-14-28(15-4-1)41-35-27-26-33-32-21-13-22-36(42(32)52-43(33)40(35)34-20-7-10-23-37(34)47-41)45-48-44(29-16-5-2-6-17-29)49-46(50-45)51-38-24-11-8-18-30(38)31-19-9-12-25-39(31)51/h1-27H. The summed E-state index contributed by atoms with van der Waals surface area (Å²) >= 11 is 0. The molecule has 0 radical (unpaired) electrons. The van der Waals surface area contributed by atoms with Crippen LogP contribution in [0.4, 0.5) is 0 Å². The van der Waals surface area contributed by atoms with E-state index in [9.17, 15) is 0 Å². The van der Waals surface area contributed by atoms with Crippen LogP contribution in [0.25, 0.3) is 105 Å². The molecule has 242 valence electrons. The van der Waals surface area contributed by atoms with Crippen LogP contribution < -0.4 is 0 Å². The van der Waals surface area contributed by atoms with Crippen LogP contribution in [-0.4, -0.2) is 24.5 Å². The summed E-state index contributed by atoms with van der Waals surface area (Å²) in [7, 11) is 0. The zero-order chi connectivity index (χ0) is 34.2. The van der Waals surface area contributed by atoms with E-state index in [2.05, 4.69) is 120 Å². The Hall–Kier alpha value is -7.18. The number of benzene rings is 7. The Labute approximate surface area is 297 Å². The fraction of sp³-hybridized carbons (Fsp3) is 0. The fourth-order valence-electron chi connectivity index (χ4n) is 7.72. The second-order valence-electron chi connectivity index (χ2n) is 13.0. The SMILES string of the molecule is c1ccc(-c2nc(-c3cccc4c3oc3c4ccc4c(-c5ccccc5)nc5ccccc5c43)nc(-n3c4ccccc4c4ccccc43)n2)cc1. The molecule has 4 aromatic heterocycles. The topological polar surface area (TPSA) is 69.6 Å². The van der Waals surface area contributed by atoms with Crippen molar-refractivity contribution in [1.82, 2.24) is 24.5 Å². The second-order valence-corrected chi connectivity index (χ2v) is 13.0. The van der Waals surface area contributed by atoms with Crippen LogP contribution in [0.15, 0.2) is 168 Å². The molecule has 52 heavy (non-hydrogen) atoms. The Bertz CT molecular complexity index is 3130. The molecular formula is C46H27N5O. The van der Waals surface area contributed by atoms with Crippen LogP contribution in [0.1, 0.15) is 0 Å². The lowest BCUT2D eigenvalue weighted by Crippen LogP contribution is -2.06. The van der Waals surface area contributed by atoms with E-state index < -0.39 is 0 Å². The maximum absolute atomic E-state index is 7.03. The van der Waals surface area contributed by atoms with Crippen molar-refractivity contribution in [2.75, 3.05) is 0 Å². The van der Waals surface area contributed by atoms with Crippen molar-refractivity contribution in [2.24, 2.45) is 0 Å². The van der Waals surface area contributed by atoms with Crippen LogP contribution in [-0.2, 0) is 0 Å². The Morgan fingerprint density at radius 2 is 0.962 bits per heavy atom. The highest BCUT2D eigenvalue weighted by atomic mass is 16.3. The summed E-state index contributed by atoms with van der Waals surface area (Å²) in [6, 6.07) is 56.1. The van der Waals surface area contributed by atoms with Crippen molar-refractivity contribution in [3.05, 3.63) is 164 Å². The van der Waals surface area contributed by atoms with E-state index in [1.807, 2.05) is 48.5 Å². The molecule has 0 spiro atoms. The summed E-state index contributed by atoms with van der Waals surface area (Å²) in [6.45, 7) is 0. The number of furan rings is 1. The fourth-order valence-corrected chi connectivity index (χ4v) is 7.72. The summed E-state index contributed by atoms with van der Waals surface area (Å²) in [5.74, 6) is 1.67. The first-order valence-electron chi connectivity index (χ1n) is 17.3. The zero-order valence-electron chi connectivity index (χ0n) is 27.7. The highest BCUT2D eigenvalue weighted by molar-refractivity contribution is 6.25. The molecular weight excluding hydrogens is 639 g/mol. The van der Waals surface area contributed by atoms with E-state index in [-0.39, 0.29) is 0 Å². The number of hydrogen-bond acceptors (Lipinski definition) is 5. The van der Waals surface area contributed by atoms with Gasteiger partial charge >= 0.3 is 0 Å². The highest BCUT2D eigenvalue weighted by Gasteiger charge is 2.22. The van der Waals surface area contributed by atoms with Gasteiger partial charge in [-0.3, -0.25) is 4.57 Å². The van der Waals surface area contributed by atoms with E-state index in [0.717, 1.165) is 87.8 Å². The predicted octanol–water partition coefficient (Wildman–Crippen LogP) is 11.6. The van der Waals surface area contributed by atoms with Gasteiger partial charge < -0.3 is 4.42 Å². The lowest BCUT2D eigenvalue weighted by molar-refractivity contribution is 0.673. The van der Waals surface area contributed by atoms with Gasteiger partial charge in [-0.05, 0) is 30.3 Å². The van der Waals surface area contributed by atoms with E-state index in [0.29, 0.717) is 17.6 Å². The molecule has 0 atom stereocenters. The van der Waals surface area contributed by atoms with Gasteiger partial charge in [0, 0.05) is 48.8 Å². The molecule has 0 saturated heterocycles. The molecule has 4 heterocycles. The maximum Gasteiger partial charge on any atom is 0.238 e. The molecule has 0 bridgehead atoms. The van der Waals surface area contributed by atoms with E-state index in [1.54, 1.807) is 0 Å². The van der Waals surface area contributed by atoms with Crippen molar-refractivity contribution >= 4 is 65.4 Å². The summed E-state index contributed by atoms with van der Waals surface area (Å²) in [6.07, 6.45) is 0. The van der Waals surface area contributed by atoms with Gasteiger partial charge in [-0.25, -0.2) is 9.97 Å². The van der Waals surface area contributed by atoms with E-state index in [4.69, 9.17) is 24.4 Å². The number of hydrogen-bond donors (Lipinski definition) is 0. The number of aromatic nitrogens is 5. The molecule has 0 fully saturated rings. The number of pyridine rings is 1. The summed E-state index contributed by atoms with van der Waals surface area (Å²) in [5, 5.41) is 7.43. The van der Waals surface area contributed by atoms with Gasteiger partial charge in [0.2, 0.25) is 5.95 Å². The van der Waals surface area contributed by atoms with Crippen molar-refractivity contribution in [2.45, 2.75) is 0 Å². The third kappa shape index (κ3) is 4.25. The molecule has 0 aliphatic heterocycles. The van der Waals surface area contributed by atoms with Gasteiger partial charge in [-0.15, -0.1) is 0 Å². The summed E-state index contributed by atoms with van der Waals surface area (Å²) in [4.78, 5) is 20.6. The first-order chi connectivity index (χ1) is 25.8. The molecule has 0 aliphatic rings. The lowest BCUT2D eigenvalue weighted by atomic mass is 9.97. The van der Waals surface area contributed by atoms with Crippen LogP contribution in [0, 0.1) is 0 Å². The molecule has 0 amide bonds. The van der Waals surface area contributed by atoms with Crippen LogP contribution >= 0.6 is 0 Å². The number of fused-ring (bicyclic) bond motifs is 10. The number of para-hydroxylation sites is 4. The van der Waals surface area contributed by atoms with Crippen molar-refractivity contribution in [3.8, 4) is 40.0 Å². The van der Waals surface area contributed by atoms with Gasteiger partial charge in [0.25, 0.3) is 0 Å². The zero-order valence-corrected chi connectivity index (χ0v) is 27.7. The molecule has 0 aliphatic carbocycles. The summed E-state index contributed by atoms with van der Waals surface area (Å²) in [5.41, 5.74) is 8.21. The molecule has 11 rings (SSSR count). The van der Waals surface area contributed by atoms with E-state index >= 15 is 0 Å². The molecule has 11 aromatic rings. The normalized spacial score (nSPS) is 11.8. The monoisotopic (exact) mass is 665 g/mol. The van der Waals surface area contributed by atoms with Gasteiger partial charge in [0.1, 0.15) is 11.2 Å². The van der Waals surface area contributed by atoms with Crippen molar-refractivity contribution in [1.29, 1.82) is 0 Å². The number of nitrogens with zero attached hydrogens (tertiary/aromatic N) is 5. The Morgan fingerprint density at radius 1 is 0.385 bits per heavy atom. The summed E-state index contributed by atoms with van der Waals surface area (Å²) < 4.78 is 9.17. The first-order valence-corrected chi connectivity index (χ1v) is 17.3. The Kier molecular flexibility index (Phi) is 6.15. The van der Waals surface area contributed by atoms with E-state index in [1.165, 1.54) is 0 Å². The minimum absolute atomic E-state index is 0.538. The largest absolute Gasteiger partial charge is 0.455 e. The minimum Gasteiger partial charge on any atom is -0.455 e. The maximum atomic E-state index is 7.03. The van der Waals surface area contributed by atoms with Gasteiger partial charge in [-0.2, -0.15) is 9.97 Å². The average Bonchev–Trinajstić information content (AvgIpc) is 3.77. The smallest absolute Gasteiger partial charge is 0.238 e. The lowest BCUT2D eigenvalue weighted by Gasteiger charge is -2.11. The van der Waals surface area contributed by atoms with Gasteiger partial charge in [0.15, 0.2) is 11.6 Å². The molecule has 6 nitrogen and oxygen atoms in total.